The third kappa shape index (κ3) is 3.20. The first kappa shape index (κ1) is 11.3. The molecule has 0 saturated heterocycles. The zero-order chi connectivity index (χ0) is 10.4. The van der Waals surface area contributed by atoms with Crippen molar-refractivity contribution in [2.45, 2.75) is 13.3 Å². The number of hydrogen-bond acceptors (Lipinski definition) is 2. The molecule has 0 heterocycles. The van der Waals surface area contributed by atoms with Crippen LogP contribution in [-0.4, -0.2) is 20.3 Å². The highest BCUT2D eigenvalue weighted by molar-refractivity contribution is 6.32. The fraction of sp³-hybridized carbons (Fsp3) is 0.455. The minimum absolute atomic E-state index is 0.531. The van der Waals surface area contributed by atoms with E-state index in [0.29, 0.717) is 18.2 Å². The van der Waals surface area contributed by atoms with Crippen molar-refractivity contribution in [2.75, 3.05) is 20.3 Å². The van der Waals surface area contributed by atoms with Gasteiger partial charge in [0, 0.05) is 7.11 Å². The van der Waals surface area contributed by atoms with E-state index in [1.165, 1.54) is 5.56 Å². The Balaban J connectivity index is 2.64. The van der Waals surface area contributed by atoms with Crippen molar-refractivity contribution in [1.29, 1.82) is 0 Å². The van der Waals surface area contributed by atoms with Gasteiger partial charge in [-0.05, 0) is 24.1 Å². The first-order valence-electron chi connectivity index (χ1n) is 4.68. The molecule has 2 nitrogen and oxygen atoms in total. The molecule has 0 atom stereocenters. The van der Waals surface area contributed by atoms with Gasteiger partial charge in [-0.1, -0.05) is 24.6 Å². The second-order valence-electron chi connectivity index (χ2n) is 2.96. The summed E-state index contributed by atoms with van der Waals surface area (Å²) in [5.74, 6) is 0.739. The van der Waals surface area contributed by atoms with Crippen LogP contribution in [0.3, 0.4) is 0 Å². The van der Waals surface area contributed by atoms with Crippen molar-refractivity contribution in [1.82, 2.24) is 0 Å². The molecule has 78 valence electrons. The van der Waals surface area contributed by atoms with Gasteiger partial charge in [-0.2, -0.15) is 0 Å². The molecule has 0 fully saturated rings. The summed E-state index contributed by atoms with van der Waals surface area (Å²) >= 11 is 5.97. The number of halogens is 1. The van der Waals surface area contributed by atoms with Crippen LogP contribution in [0.5, 0.6) is 5.75 Å². The molecule has 14 heavy (non-hydrogen) atoms. The lowest BCUT2D eigenvalue weighted by Crippen LogP contribution is -2.04. The van der Waals surface area contributed by atoms with E-state index in [2.05, 4.69) is 6.92 Å². The maximum Gasteiger partial charge on any atom is 0.138 e. The number of methoxy groups -OCH3 is 1. The Kier molecular flexibility index (Phi) is 4.77. The number of hydrogen-bond donors (Lipinski definition) is 0. The van der Waals surface area contributed by atoms with Crippen LogP contribution in [-0.2, 0) is 11.2 Å². The summed E-state index contributed by atoms with van der Waals surface area (Å²) in [6.07, 6.45) is 0.984. The van der Waals surface area contributed by atoms with Gasteiger partial charge in [-0.15, -0.1) is 0 Å². The number of ether oxygens (including phenoxy) is 2. The predicted molar refractivity (Wildman–Crippen MR) is 58.2 cm³/mol. The summed E-state index contributed by atoms with van der Waals surface area (Å²) < 4.78 is 10.4. The Hall–Kier alpha value is -0.730. The summed E-state index contributed by atoms with van der Waals surface area (Å²) in [5, 5.41) is 0.651. The van der Waals surface area contributed by atoms with Crippen LogP contribution in [0.2, 0.25) is 5.02 Å². The van der Waals surface area contributed by atoms with Gasteiger partial charge in [0.25, 0.3) is 0 Å². The summed E-state index contributed by atoms with van der Waals surface area (Å²) in [6, 6.07) is 5.84. The lowest BCUT2D eigenvalue weighted by atomic mass is 10.2. The Morgan fingerprint density at radius 3 is 2.71 bits per heavy atom. The molecule has 0 bridgehead atoms. The zero-order valence-electron chi connectivity index (χ0n) is 8.55. The Labute approximate surface area is 89.8 Å². The first-order chi connectivity index (χ1) is 6.77. The molecule has 0 amide bonds. The van der Waals surface area contributed by atoms with Crippen LogP contribution in [0.25, 0.3) is 0 Å². The van der Waals surface area contributed by atoms with E-state index >= 15 is 0 Å². The van der Waals surface area contributed by atoms with Crippen molar-refractivity contribution in [3.63, 3.8) is 0 Å². The molecule has 0 unspecified atom stereocenters. The lowest BCUT2D eigenvalue weighted by molar-refractivity contribution is 0.146. The molecular weight excluding hydrogens is 200 g/mol. The summed E-state index contributed by atoms with van der Waals surface area (Å²) in [4.78, 5) is 0. The lowest BCUT2D eigenvalue weighted by Gasteiger charge is -2.08. The minimum atomic E-state index is 0.531. The van der Waals surface area contributed by atoms with E-state index in [1.54, 1.807) is 7.11 Å². The highest BCUT2D eigenvalue weighted by Gasteiger charge is 2.01. The van der Waals surface area contributed by atoms with Crippen molar-refractivity contribution in [3.8, 4) is 5.75 Å². The molecule has 0 saturated carbocycles. The highest BCUT2D eigenvalue weighted by atomic mass is 35.5. The van der Waals surface area contributed by atoms with Gasteiger partial charge in [-0.3, -0.25) is 0 Å². The summed E-state index contributed by atoms with van der Waals surface area (Å²) in [5.41, 5.74) is 1.22. The van der Waals surface area contributed by atoms with Crippen molar-refractivity contribution in [3.05, 3.63) is 28.8 Å². The number of rotatable bonds is 5. The van der Waals surface area contributed by atoms with Crippen LogP contribution in [0.4, 0.5) is 0 Å². The van der Waals surface area contributed by atoms with E-state index < -0.39 is 0 Å². The molecule has 0 aliphatic rings. The molecule has 1 aromatic carbocycles. The molecule has 0 spiro atoms. The molecule has 3 heteroatoms. The molecule has 0 aromatic heterocycles. The van der Waals surface area contributed by atoms with Crippen molar-refractivity contribution >= 4 is 11.6 Å². The maximum absolute atomic E-state index is 5.97. The first-order valence-corrected chi connectivity index (χ1v) is 5.06. The molecule has 0 radical (unpaired) electrons. The SMILES string of the molecule is CCc1ccc(Cl)c(OCCOC)c1. The molecule has 1 aromatic rings. The van der Waals surface area contributed by atoms with Crippen LogP contribution in [0.15, 0.2) is 18.2 Å². The van der Waals surface area contributed by atoms with Gasteiger partial charge >= 0.3 is 0 Å². The normalized spacial score (nSPS) is 10.2. The molecule has 0 aliphatic heterocycles. The van der Waals surface area contributed by atoms with Crippen molar-refractivity contribution < 1.29 is 9.47 Å². The van der Waals surface area contributed by atoms with E-state index in [0.717, 1.165) is 12.2 Å². The Morgan fingerprint density at radius 2 is 2.07 bits per heavy atom. The van der Waals surface area contributed by atoms with E-state index in [-0.39, 0.29) is 0 Å². The fourth-order valence-electron chi connectivity index (χ4n) is 1.11. The Bertz CT molecular complexity index is 287. The number of aryl methyl sites for hydroxylation is 1. The summed E-state index contributed by atoms with van der Waals surface area (Å²) in [7, 11) is 1.65. The molecule has 1 rings (SSSR count). The fourth-order valence-corrected chi connectivity index (χ4v) is 1.29. The van der Waals surface area contributed by atoms with Crippen LogP contribution in [0, 0.1) is 0 Å². The topological polar surface area (TPSA) is 18.5 Å². The average Bonchev–Trinajstić information content (AvgIpc) is 2.21. The average molecular weight is 215 g/mol. The largest absolute Gasteiger partial charge is 0.490 e. The molecular formula is C11H15ClO2. The number of benzene rings is 1. The van der Waals surface area contributed by atoms with Crippen LogP contribution < -0.4 is 4.74 Å². The smallest absolute Gasteiger partial charge is 0.138 e. The van der Waals surface area contributed by atoms with Crippen LogP contribution in [0.1, 0.15) is 12.5 Å². The zero-order valence-corrected chi connectivity index (χ0v) is 9.30. The quantitative estimate of drug-likeness (QED) is 0.702. The summed E-state index contributed by atoms with van der Waals surface area (Å²) in [6.45, 7) is 3.21. The third-order valence-electron chi connectivity index (χ3n) is 1.95. The van der Waals surface area contributed by atoms with Gasteiger partial charge in [0.1, 0.15) is 12.4 Å². The maximum atomic E-state index is 5.97. The van der Waals surface area contributed by atoms with E-state index in [9.17, 15) is 0 Å². The van der Waals surface area contributed by atoms with E-state index in [1.807, 2.05) is 18.2 Å². The predicted octanol–water partition coefficient (Wildman–Crippen LogP) is 2.93. The standard InChI is InChI=1S/C11H15ClO2/c1-3-9-4-5-10(12)11(8-9)14-7-6-13-2/h4-5,8H,3,6-7H2,1-2H3. The van der Waals surface area contributed by atoms with Crippen LogP contribution >= 0.6 is 11.6 Å². The van der Waals surface area contributed by atoms with E-state index in [4.69, 9.17) is 21.1 Å². The minimum Gasteiger partial charge on any atom is -0.490 e. The van der Waals surface area contributed by atoms with Gasteiger partial charge in [0.05, 0.1) is 11.6 Å². The third-order valence-corrected chi connectivity index (χ3v) is 2.26. The van der Waals surface area contributed by atoms with Gasteiger partial charge in [0.15, 0.2) is 0 Å². The van der Waals surface area contributed by atoms with Crippen molar-refractivity contribution in [2.24, 2.45) is 0 Å². The van der Waals surface area contributed by atoms with Gasteiger partial charge in [0.2, 0.25) is 0 Å². The second-order valence-corrected chi connectivity index (χ2v) is 3.37. The monoisotopic (exact) mass is 214 g/mol. The second kappa shape index (κ2) is 5.89. The molecule has 0 aliphatic carbocycles. The van der Waals surface area contributed by atoms with Gasteiger partial charge in [-0.25, -0.2) is 0 Å². The highest BCUT2D eigenvalue weighted by Crippen LogP contribution is 2.25. The molecule has 0 N–H and O–H groups in total. The van der Waals surface area contributed by atoms with Gasteiger partial charge < -0.3 is 9.47 Å². The Morgan fingerprint density at radius 1 is 1.29 bits per heavy atom.